The van der Waals surface area contributed by atoms with Gasteiger partial charge in [0.15, 0.2) is 11.5 Å². The Morgan fingerprint density at radius 2 is 1.83 bits per heavy atom. The Kier molecular flexibility index (Phi) is 4.99. The van der Waals surface area contributed by atoms with Gasteiger partial charge in [-0.05, 0) is 38.5 Å². The molecule has 1 aromatic rings. The maximum absolute atomic E-state index is 9.69. The summed E-state index contributed by atoms with van der Waals surface area (Å²) in [6, 6.07) is 5.96. The Bertz CT molecular complexity index is 385. The highest BCUT2D eigenvalue weighted by Crippen LogP contribution is 2.29. The van der Waals surface area contributed by atoms with Crippen LogP contribution in [0.4, 0.5) is 0 Å². The van der Waals surface area contributed by atoms with Gasteiger partial charge < -0.3 is 19.9 Å². The molecule has 0 aliphatic heterocycles. The largest absolute Gasteiger partial charge is 0.493 e. The summed E-state index contributed by atoms with van der Waals surface area (Å²) >= 11 is 0. The fraction of sp³-hybridized carbons (Fsp3) is 0.571. The first-order valence-corrected chi connectivity index (χ1v) is 6.05. The molecular weight excluding hydrogens is 230 g/mol. The monoisotopic (exact) mass is 253 g/mol. The fourth-order valence-electron chi connectivity index (χ4n) is 1.64. The molecule has 18 heavy (non-hydrogen) atoms. The molecule has 0 bridgehead atoms. The molecular formula is C14H23NO3. The van der Waals surface area contributed by atoms with Crippen molar-refractivity contribution in [2.24, 2.45) is 0 Å². The SMILES string of the molecule is COc1ccc(C(C)NCC(C)(C)O)cc1OC. The molecule has 0 saturated carbocycles. The zero-order chi connectivity index (χ0) is 13.8. The smallest absolute Gasteiger partial charge is 0.161 e. The maximum Gasteiger partial charge on any atom is 0.161 e. The predicted molar refractivity (Wildman–Crippen MR) is 72.3 cm³/mol. The number of nitrogens with one attached hydrogen (secondary N) is 1. The molecule has 0 aromatic heterocycles. The zero-order valence-corrected chi connectivity index (χ0v) is 11.8. The average Bonchev–Trinajstić information content (AvgIpc) is 2.34. The Morgan fingerprint density at radius 1 is 1.22 bits per heavy atom. The molecule has 4 nitrogen and oxygen atoms in total. The molecule has 0 heterocycles. The van der Waals surface area contributed by atoms with Crippen molar-refractivity contribution in [3.8, 4) is 11.5 Å². The lowest BCUT2D eigenvalue weighted by Gasteiger charge is -2.22. The minimum Gasteiger partial charge on any atom is -0.493 e. The van der Waals surface area contributed by atoms with Crippen LogP contribution in [0.5, 0.6) is 11.5 Å². The molecule has 0 saturated heterocycles. The van der Waals surface area contributed by atoms with Crippen LogP contribution < -0.4 is 14.8 Å². The number of aliphatic hydroxyl groups is 1. The van der Waals surface area contributed by atoms with E-state index in [1.807, 2.05) is 25.1 Å². The Morgan fingerprint density at radius 3 is 2.33 bits per heavy atom. The molecule has 0 amide bonds. The van der Waals surface area contributed by atoms with Gasteiger partial charge in [0.2, 0.25) is 0 Å². The van der Waals surface area contributed by atoms with E-state index in [0.29, 0.717) is 12.3 Å². The number of hydrogen-bond donors (Lipinski definition) is 2. The molecule has 0 aliphatic carbocycles. The second-order valence-electron chi connectivity index (χ2n) is 5.03. The molecule has 1 rings (SSSR count). The molecule has 1 unspecified atom stereocenters. The number of ether oxygens (including phenoxy) is 2. The van der Waals surface area contributed by atoms with Crippen LogP contribution in [0.15, 0.2) is 18.2 Å². The molecule has 1 aromatic carbocycles. The highest BCUT2D eigenvalue weighted by atomic mass is 16.5. The minimum atomic E-state index is -0.717. The van der Waals surface area contributed by atoms with Crippen LogP contribution in [0, 0.1) is 0 Å². The quantitative estimate of drug-likeness (QED) is 0.815. The van der Waals surface area contributed by atoms with Crippen LogP contribution in [0.25, 0.3) is 0 Å². The third-order valence-corrected chi connectivity index (χ3v) is 2.75. The molecule has 0 aliphatic rings. The minimum absolute atomic E-state index is 0.135. The van der Waals surface area contributed by atoms with Crippen LogP contribution in [-0.4, -0.2) is 31.5 Å². The van der Waals surface area contributed by atoms with Gasteiger partial charge in [-0.1, -0.05) is 6.07 Å². The number of methoxy groups -OCH3 is 2. The lowest BCUT2D eigenvalue weighted by atomic mass is 10.1. The van der Waals surface area contributed by atoms with Gasteiger partial charge in [-0.15, -0.1) is 0 Å². The first-order chi connectivity index (χ1) is 8.37. The summed E-state index contributed by atoms with van der Waals surface area (Å²) in [5.74, 6) is 1.43. The third-order valence-electron chi connectivity index (χ3n) is 2.75. The molecule has 102 valence electrons. The van der Waals surface area contributed by atoms with Gasteiger partial charge >= 0.3 is 0 Å². The lowest BCUT2D eigenvalue weighted by Crippen LogP contribution is -2.36. The lowest BCUT2D eigenvalue weighted by molar-refractivity contribution is 0.0770. The van der Waals surface area contributed by atoms with Gasteiger partial charge in [-0.25, -0.2) is 0 Å². The van der Waals surface area contributed by atoms with Gasteiger partial charge in [-0.3, -0.25) is 0 Å². The van der Waals surface area contributed by atoms with Crippen molar-refractivity contribution in [2.45, 2.75) is 32.4 Å². The number of benzene rings is 1. The standard InChI is InChI=1S/C14H23NO3/c1-10(15-9-14(2,3)16)11-6-7-12(17-4)13(8-11)18-5/h6-8,10,15-16H,9H2,1-5H3. The fourth-order valence-corrected chi connectivity index (χ4v) is 1.64. The first-order valence-electron chi connectivity index (χ1n) is 6.05. The number of rotatable bonds is 6. The summed E-state index contributed by atoms with van der Waals surface area (Å²) in [6.07, 6.45) is 0. The van der Waals surface area contributed by atoms with Crippen molar-refractivity contribution < 1.29 is 14.6 Å². The first kappa shape index (κ1) is 14.8. The van der Waals surface area contributed by atoms with E-state index in [1.165, 1.54) is 0 Å². The highest BCUT2D eigenvalue weighted by Gasteiger charge is 2.15. The Balaban J connectivity index is 2.77. The van der Waals surface area contributed by atoms with Gasteiger partial charge in [0, 0.05) is 12.6 Å². The molecule has 0 fully saturated rings. The van der Waals surface area contributed by atoms with Crippen molar-refractivity contribution in [1.29, 1.82) is 0 Å². The average molecular weight is 253 g/mol. The van der Waals surface area contributed by atoms with Gasteiger partial charge in [0.1, 0.15) is 0 Å². The Labute approximate surface area is 109 Å². The van der Waals surface area contributed by atoms with Crippen LogP contribution >= 0.6 is 0 Å². The van der Waals surface area contributed by atoms with Crippen molar-refractivity contribution in [2.75, 3.05) is 20.8 Å². The molecule has 2 N–H and O–H groups in total. The van der Waals surface area contributed by atoms with E-state index in [2.05, 4.69) is 5.32 Å². The summed E-state index contributed by atoms with van der Waals surface area (Å²) in [5.41, 5.74) is 0.377. The zero-order valence-electron chi connectivity index (χ0n) is 11.8. The third kappa shape index (κ3) is 4.20. The second-order valence-corrected chi connectivity index (χ2v) is 5.03. The van der Waals surface area contributed by atoms with Crippen LogP contribution in [-0.2, 0) is 0 Å². The van der Waals surface area contributed by atoms with Gasteiger partial charge in [0.05, 0.1) is 19.8 Å². The van der Waals surface area contributed by atoms with E-state index in [9.17, 15) is 5.11 Å². The highest BCUT2D eigenvalue weighted by molar-refractivity contribution is 5.43. The van der Waals surface area contributed by atoms with Crippen LogP contribution in [0.1, 0.15) is 32.4 Å². The van der Waals surface area contributed by atoms with E-state index in [-0.39, 0.29) is 6.04 Å². The second kappa shape index (κ2) is 6.07. The molecule has 0 radical (unpaired) electrons. The Hall–Kier alpha value is -1.26. The van der Waals surface area contributed by atoms with Gasteiger partial charge in [-0.2, -0.15) is 0 Å². The van der Waals surface area contributed by atoms with Crippen LogP contribution in [0.3, 0.4) is 0 Å². The van der Waals surface area contributed by atoms with E-state index >= 15 is 0 Å². The molecule has 0 spiro atoms. The number of hydrogen-bond acceptors (Lipinski definition) is 4. The van der Waals surface area contributed by atoms with Crippen molar-refractivity contribution in [3.63, 3.8) is 0 Å². The normalized spacial score (nSPS) is 13.2. The van der Waals surface area contributed by atoms with E-state index < -0.39 is 5.60 Å². The van der Waals surface area contributed by atoms with Crippen molar-refractivity contribution in [1.82, 2.24) is 5.32 Å². The molecule has 1 atom stereocenters. The maximum atomic E-state index is 9.69. The summed E-state index contributed by atoms with van der Waals surface area (Å²) in [4.78, 5) is 0. The van der Waals surface area contributed by atoms with Crippen molar-refractivity contribution >= 4 is 0 Å². The summed E-state index contributed by atoms with van der Waals surface area (Å²) in [6.45, 7) is 6.14. The van der Waals surface area contributed by atoms with E-state index in [4.69, 9.17) is 9.47 Å². The van der Waals surface area contributed by atoms with Crippen LogP contribution in [0.2, 0.25) is 0 Å². The summed E-state index contributed by atoms with van der Waals surface area (Å²) < 4.78 is 10.5. The van der Waals surface area contributed by atoms with Crippen molar-refractivity contribution in [3.05, 3.63) is 23.8 Å². The topological polar surface area (TPSA) is 50.7 Å². The summed E-state index contributed by atoms with van der Waals surface area (Å²) in [5, 5.41) is 13.0. The summed E-state index contributed by atoms with van der Waals surface area (Å²) in [7, 11) is 3.24. The van der Waals surface area contributed by atoms with E-state index in [0.717, 1.165) is 11.3 Å². The van der Waals surface area contributed by atoms with E-state index in [1.54, 1.807) is 28.1 Å². The van der Waals surface area contributed by atoms with Gasteiger partial charge in [0.25, 0.3) is 0 Å². The molecule has 4 heteroatoms. The predicted octanol–water partition coefficient (Wildman–Crippen LogP) is 2.13.